The summed E-state index contributed by atoms with van der Waals surface area (Å²) in [7, 11) is 1.68. The van der Waals surface area contributed by atoms with Gasteiger partial charge in [-0.25, -0.2) is 4.79 Å². The molecular weight excluding hydrogens is 300 g/mol. The molecule has 0 spiro atoms. The van der Waals surface area contributed by atoms with Gasteiger partial charge in [-0.1, -0.05) is 0 Å². The van der Waals surface area contributed by atoms with E-state index < -0.39 is 5.60 Å². The molecule has 0 aliphatic heterocycles. The van der Waals surface area contributed by atoms with Crippen molar-refractivity contribution in [3.8, 4) is 0 Å². The number of ether oxygens (including phenoxy) is 3. The summed E-state index contributed by atoms with van der Waals surface area (Å²) < 4.78 is 15.6. The maximum atomic E-state index is 11.5. The molecule has 1 amide bonds. The lowest BCUT2D eigenvalue weighted by atomic mass is 10.1. The number of aliphatic hydroxyl groups is 1. The molecule has 0 bridgehead atoms. The van der Waals surface area contributed by atoms with Crippen molar-refractivity contribution in [2.75, 3.05) is 46.6 Å². The number of nitrogens with one attached hydrogen (secondary N) is 2. The molecule has 0 aromatic rings. The van der Waals surface area contributed by atoms with Gasteiger partial charge in [-0.2, -0.15) is 0 Å². The van der Waals surface area contributed by atoms with Gasteiger partial charge in [0.2, 0.25) is 0 Å². The van der Waals surface area contributed by atoms with Crippen molar-refractivity contribution in [1.82, 2.24) is 10.6 Å². The maximum absolute atomic E-state index is 11.5. The minimum atomic E-state index is -0.470. The van der Waals surface area contributed by atoms with Crippen LogP contribution in [0.4, 0.5) is 4.79 Å². The van der Waals surface area contributed by atoms with Crippen LogP contribution in [0.2, 0.25) is 0 Å². The molecule has 0 fully saturated rings. The Morgan fingerprint density at radius 3 is 2.52 bits per heavy atom. The topological polar surface area (TPSA) is 89.1 Å². The van der Waals surface area contributed by atoms with Crippen LogP contribution in [0.5, 0.6) is 0 Å². The number of carbonyl (C=O) groups excluding carboxylic acids is 1. The average Bonchev–Trinajstić information content (AvgIpc) is 2.45. The number of amides is 1. The highest BCUT2D eigenvalue weighted by Crippen LogP contribution is 2.06. The second kappa shape index (κ2) is 13.5. The highest BCUT2D eigenvalue weighted by Gasteiger charge is 2.15. The fourth-order valence-corrected chi connectivity index (χ4v) is 1.95. The van der Waals surface area contributed by atoms with Crippen LogP contribution in [0, 0.1) is 0 Å². The molecule has 0 aromatic carbocycles. The molecule has 0 radical (unpaired) electrons. The first-order valence-corrected chi connectivity index (χ1v) is 8.27. The number of rotatable bonds is 13. The van der Waals surface area contributed by atoms with Crippen LogP contribution in [-0.2, 0) is 14.2 Å². The Hall–Kier alpha value is -0.890. The third-order valence-electron chi connectivity index (χ3n) is 2.90. The highest BCUT2D eigenvalue weighted by molar-refractivity contribution is 5.67. The monoisotopic (exact) mass is 334 g/mol. The molecule has 7 nitrogen and oxygen atoms in total. The molecule has 138 valence electrons. The third-order valence-corrected chi connectivity index (χ3v) is 2.90. The first kappa shape index (κ1) is 22.1. The van der Waals surface area contributed by atoms with Crippen molar-refractivity contribution >= 4 is 6.09 Å². The van der Waals surface area contributed by atoms with Crippen molar-refractivity contribution in [2.45, 2.75) is 51.7 Å². The van der Waals surface area contributed by atoms with Crippen LogP contribution in [0.15, 0.2) is 0 Å². The summed E-state index contributed by atoms with van der Waals surface area (Å²) in [6.45, 7) is 8.65. The van der Waals surface area contributed by atoms with E-state index in [1.165, 1.54) is 0 Å². The molecule has 1 atom stereocenters. The molecule has 7 heteroatoms. The number of hydrogen-bond donors (Lipinski definition) is 3. The van der Waals surface area contributed by atoms with E-state index in [-0.39, 0.29) is 18.7 Å². The van der Waals surface area contributed by atoms with E-state index in [9.17, 15) is 4.79 Å². The predicted molar refractivity (Wildman–Crippen MR) is 89.7 cm³/mol. The fourth-order valence-electron chi connectivity index (χ4n) is 1.95. The van der Waals surface area contributed by atoms with E-state index in [4.69, 9.17) is 19.3 Å². The van der Waals surface area contributed by atoms with Gasteiger partial charge in [0.25, 0.3) is 0 Å². The lowest BCUT2D eigenvalue weighted by Crippen LogP contribution is -2.36. The largest absolute Gasteiger partial charge is 0.444 e. The van der Waals surface area contributed by atoms with Crippen molar-refractivity contribution in [3.63, 3.8) is 0 Å². The quantitative estimate of drug-likeness (QED) is 0.440. The molecule has 0 aliphatic carbocycles. The number of methoxy groups -OCH3 is 1. The zero-order valence-corrected chi connectivity index (χ0v) is 15.0. The van der Waals surface area contributed by atoms with Crippen LogP contribution in [0.1, 0.15) is 40.0 Å². The molecule has 0 heterocycles. The Morgan fingerprint density at radius 2 is 1.91 bits per heavy atom. The predicted octanol–water partition coefficient (Wildman–Crippen LogP) is 1.29. The van der Waals surface area contributed by atoms with E-state index in [0.717, 1.165) is 25.8 Å². The van der Waals surface area contributed by atoms with E-state index >= 15 is 0 Å². The maximum Gasteiger partial charge on any atom is 0.407 e. The summed E-state index contributed by atoms with van der Waals surface area (Å²) in [5.74, 6) is 0. The van der Waals surface area contributed by atoms with E-state index in [0.29, 0.717) is 26.4 Å². The van der Waals surface area contributed by atoms with E-state index in [2.05, 4.69) is 10.6 Å². The van der Waals surface area contributed by atoms with Crippen molar-refractivity contribution in [1.29, 1.82) is 0 Å². The lowest BCUT2D eigenvalue weighted by molar-refractivity contribution is 0.0526. The molecule has 0 saturated carbocycles. The standard InChI is InChI=1S/C16H34N2O5/c1-16(2,3)23-15(20)18-8-5-7-14(13-21-4)17-9-6-11-22-12-10-19/h14,17,19H,5-13H2,1-4H3,(H,18,20). The molecule has 1 unspecified atom stereocenters. The van der Waals surface area contributed by atoms with Gasteiger partial charge in [0, 0.05) is 26.3 Å². The summed E-state index contributed by atoms with van der Waals surface area (Å²) >= 11 is 0. The van der Waals surface area contributed by atoms with Gasteiger partial charge < -0.3 is 30.0 Å². The van der Waals surface area contributed by atoms with Gasteiger partial charge in [0.15, 0.2) is 0 Å². The first-order chi connectivity index (χ1) is 10.9. The van der Waals surface area contributed by atoms with Crippen molar-refractivity contribution in [2.24, 2.45) is 0 Å². The second-order valence-corrected chi connectivity index (χ2v) is 6.37. The molecule has 3 N–H and O–H groups in total. The van der Waals surface area contributed by atoms with Crippen LogP contribution in [0.3, 0.4) is 0 Å². The van der Waals surface area contributed by atoms with Gasteiger partial charge in [-0.3, -0.25) is 0 Å². The summed E-state index contributed by atoms with van der Waals surface area (Å²) in [6, 6.07) is 0.248. The fraction of sp³-hybridized carbons (Fsp3) is 0.938. The van der Waals surface area contributed by atoms with Gasteiger partial charge >= 0.3 is 6.09 Å². The molecular formula is C16H34N2O5. The minimum Gasteiger partial charge on any atom is -0.444 e. The summed E-state index contributed by atoms with van der Waals surface area (Å²) in [6.07, 6.45) is 2.26. The number of hydrogen-bond acceptors (Lipinski definition) is 6. The van der Waals surface area contributed by atoms with Crippen LogP contribution >= 0.6 is 0 Å². The van der Waals surface area contributed by atoms with E-state index in [1.807, 2.05) is 20.8 Å². The van der Waals surface area contributed by atoms with Gasteiger partial charge in [-0.15, -0.1) is 0 Å². The number of alkyl carbamates (subject to hydrolysis) is 1. The normalized spacial score (nSPS) is 12.9. The number of carbonyl (C=O) groups is 1. The Morgan fingerprint density at radius 1 is 1.17 bits per heavy atom. The summed E-state index contributed by atoms with van der Waals surface area (Å²) in [5.41, 5.74) is -0.470. The number of aliphatic hydroxyl groups excluding tert-OH is 1. The summed E-state index contributed by atoms with van der Waals surface area (Å²) in [5, 5.41) is 14.8. The molecule has 0 aromatic heterocycles. The minimum absolute atomic E-state index is 0.0599. The van der Waals surface area contributed by atoms with Crippen molar-refractivity contribution in [3.05, 3.63) is 0 Å². The third kappa shape index (κ3) is 15.8. The Labute approximate surface area is 140 Å². The van der Waals surface area contributed by atoms with E-state index in [1.54, 1.807) is 7.11 Å². The zero-order chi connectivity index (χ0) is 17.6. The van der Waals surface area contributed by atoms with Crippen LogP contribution in [0.25, 0.3) is 0 Å². The van der Waals surface area contributed by atoms with Gasteiger partial charge in [-0.05, 0) is 46.6 Å². The van der Waals surface area contributed by atoms with Crippen LogP contribution in [-0.4, -0.2) is 69.5 Å². The Balaban J connectivity index is 3.73. The lowest BCUT2D eigenvalue weighted by Gasteiger charge is -2.20. The Kier molecular flexibility index (Phi) is 13.0. The SMILES string of the molecule is COCC(CCCNC(=O)OC(C)(C)C)NCCCOCCO. The molecule has 0 saturated heterocycles. The Bertz CT molecular complexity index is 295. The molecule has 0 rings (SSSR count). The summed E-state index contributed by atoms with van der Waals surface area (Å²) in [4.78, 5) is 11.5. The first-order valence-electron chi connectivity index (χ1n) is 8.27. The van der Waals surface area contributed by atoms with Crippen LogP contribution < -0.4 is 10.6 Å². The zero-order valence-electron chi connectivity index (χ0n) is 15.0. The second-order valence-electron chi connectivity index (χ2n) is 6.37. The molecule has 23 heavy (non-hydrogen) atoms. The smallest absolute Gasteiger partial charge is 0.407 e. The van der Waals surface area contributed by atoms with Crippen molar-refractivity contribution < 1.29 is 24.1 Å². The highest BCUT2D eigenvalue weighted by atomic mass is 16.6. The van der Waals surface area contributed by atoms with Gasteiger partial charge in [0.05, 0.1) is 19.8 Å². The van der Waals surface area contributed by atoms with Gasteiger partial charge in [0.1, 0.15) is 5.60 Å². The average molecular weight is 334 g/mol. The molecule has 0 aliphatic rings.